The second-order valence-corrected chi connectivity index (χ2v) is 6.44. The molecule has 0 radical (unpaired) electrons. The first-order valence-electron chi connectivity index (χ1n) is 6.44. The van der Waals surface area contributed by atoms with Gasteiger partial charge in [-0.1, -0.05) is 46.4 Å². The number of phenolic OH excluding ortho intramolecular Hbond substituents is 2. The maximum atomic E-state index is 10.1. The van der Waals surface area contributed by atoms with E-state index in [-0.39, 0.29) is 48.9 Å². The quantitative estimate of drug-likeness (QED) is 0.542. The average Bonchev–Trinajstić information content (AvgIpc) is 2.57. The van der Waals surface area contributed by atoms with Gasteiger partial charge in [-0.05, 0) is 24.3 Å². The number of aromatic nitrogens is 1. The molecular weight excluding hydrogens is 394 g/mol. The summed E-state index contributed by atoms with van der Waals surface area (Å²) in [6.45, 7) is 0. The summed E-state index contributed by atoms with van der Waals surface area (Å²) in [5, 5.41) is 30.1. The molecule has 2 aromatic carbocycles. The van der Waals surface area contributed by atoms with Gasteiger partial charge in [0.25, 0.3) is 0 Å². The largest absolute Gasteiger partial charge is 0.505 e. The van der Waals surface area contributed by atoms with Crippen LogP contribution < -0.4 is 0 Å². The van der Waals surface area contributed by atoms with Crippen molar-refractivity contribution in [2.45, 2.75) is 0 Å². The number of nitrogens with zero attached hydrogens (tertiary/aromatic N) is 2. The highest BCUT2D eigenvalue weighted by Crippen LogP contribution is 2.43. The Morgan fingerprint density at radius 2 is 1.58 bits per heavy atom. The van der Waals surface area contributed by atoms with Gasteiger partial charge < -0.3 is 10.2 Å². The first-order chi connectivity index (χ1) is 11.3. The topological polar surface area (TPSA) is 77.1 Å². The Kier molecular flexibility index (Phi) is 4.37. The van der Waals surface area contributed by atoms with E-state index in [1.165, 1.54) is 12.1 Å². The fourth-order valence-corrected chi connectivity index (χ4v) is 3.36. The van der Waals surface area contributed by atoms with Gasteiger partial charge in [0.2, 0.25) is 0 Å². The Morgan fingerprint density at radius 3 is 2.25 bits per heavy atom. The molecule has 1 aromatic heterocycles. The van der Waals surface area contributed by atoms with E-state index < -0.39 is 0 Å². The van der Waals surface area contributed by atoms with Crippen molar-refractivity contribution < 1.29 is 10.2 Å². The molecule has 24 heavy (non-hydrogen) atoms. The van der Waals surface area contributed by atoms with Gasteiger partial charge in [0.05, 0.1) is 37.4 Å². The monoisotopic (exact) mass is 398 g/mol. The van der Waals surface area contributed by atoms with Crippen LogP contribution in [0.3, 0.4) is 0 Å². The fraction of sp³-hybridized carbons (Fsp3) is 0. The van der Waals surface area contributed by atoms with E-state index in [1.54, 1.807) is 12.1 Å². The highest BCUT2D eigenvalue weighted by Gasteiger charge is 2.20. The van der Waals surface area contributed by atoms with Crippen molar-refractivity contribution >= 4 is 57.3 Å². The average molecular weight is 400 g/mol. The van der Waals surface area contributed by atoms with Gasteiger partial charge in [0.15, 0.2) is 11.5 Å². The van der Waals surface area contributed by atoms with E-state index in [0.29, 0.717) is 10.4 Å². The lowest BCUT2D eigenvalue weighted by Crippen LogP contribution is -1.92. The molecule has 0 spiro atoms. The maximum absolute atomic E-state index is 10.1. The van der Waals surface area contributed by atoms with Crippen LogP contribution in [-0.4, -0.2) is 15.2 Å². The highest BCUT2D eigenvalue weighted by atomic mass is 35.5. The third-order valence-corrected chi connectivity index (χ3v) is 4.68. The second kappa shape index (κ2) is 6.19. The first-order valence-corrected chi connectivity index (χ1v) is 7.95. The van der Waals surface area contributed by atoms with E-state index >= 15 is 0 Å². The smallest absolute Gasteiger partial charge is 0.160 e. The van der Waals surface area contributed by atoms with Gasteiger partial charge in [-0.3, -0.25) is 0 Å². The van der Waals surface area contributed by atoms with Gasteiger partial charge in [0.1, 0.15) is 5.52 Å². The van der Waals surface area contributed by atoms with E-state index in [4.69, 9.17) is 46.4 Å². The summed E-state index contributed by atoms with van der Waals surface area (Å²) in [7, 11) is 0. The summed E-state index contributed by atoms with van der Waals surface area (Å²) in [5.41, 5.74) is 0.727. The maximum Gasteiger partial charge on any atom is 0.160 e. The molecule has 0 aliphatic heterocycles. The van der Waals surface area contributed by atoms with Crippen LogP contribution in [-0.2, 0) is 0 Å². The normalized spacial score (nSPS) is 10.8. The molecule has 8 heteroatoms. The Bertz CT molecular complexity index is 1040. The molecule has 0 aliphatic rings. The van der Waals surface area contributed by atoms with Crippen LogP contribution in [0.25, 0.3) is 22.2 Å². The molecule has 3 rings (SSSR count). The molecule has 0 saturated heterocycles. The minimum Gasteiger partial charge on any atom is -0.505 e. The molecule has 0 bridgehead atoms. The van der Waals surface area contributed by atoms with Crippen molar-refractivity contribution in [1.82, 2.24) is 4.98 Å². The second-order valence-electron chi connectivity index (χ2n) is 4.84. The minimum absolute atomic E-state index is 0.0442. The summed E-state index contributed by atoms with van der Waals surface area (Å²) >= 11 is 24.0. The van der Waals surface area contributed by atoms with Gasteiger partial charge >= 0.3 is 0 Å². The van der Waals surface area contributed by atoms with Crippen LogP contribution in [0, 0.1) is 11.3 Å². The third kappa shape index (κ3) is 2.60. The standard InChI is InChI=1S/C16H6Cl4N2O2/c17-8-4-10(19)16(24)14-7(8)1-2-11(22-14)12-6(5-21)3-9(18)15(23)13(12)20/h1-4,23-24H. The highest BCUT2D eigenvalue weighted by molar-refractivity contribution is 6.40. The number of halogens is 4. The SMILES string of the molecule is N#Cc1cc(Cl)c(O)c(Cl)c1-c1ccc2c(Cl)cc(Cl)c(O)c2n1. The molecule has 1 heterocycles. The summed E-state index contributed by atoms with van der Waals surface area (Å²) in [4.78, 5) is 4.30. The lowest BCUT2D eigenvalue weighted by molar-refractivity contribution is 0.476. The van der Waals surface area contributed by atoms with Crippen molar-refractivity contribution in [3.8, 4) is 28.8 Å². The molecule has 0 atom stereocenters. The van der Waals surface area contributed by atoms with Gasteiger partial charge in [-0.15, -0.1) is 0 Å². The van der Waals surface area contributed by atoms with Crippen LogP contribution in [0.5, 0.6) is 11.5 Å². The molecular formula is C16H6Cl4N2O2. The van der Waals surface area contributed by atoms with E-state index in [9.17, 15) is 15.5 Å². The number of fused-ring (bicyclic) bond motifs is 1. The van der Waals surface area contributed by atoms with E-state index in [2.05, 4.69) is 4.98 Å². The molecule has 120 valence electrons. The predicted molar refractivity (Wildman–Crippen MR) is 95.3 cm³/mol. The Morgan fingerprint density at radius 1 is 0.917 bits per heavy atom. The van der Waals surface area contributed by atoms with Crippen molar-refractivity contribution in [2.75, 3.05) is 0 Å². The van der Waals surface area contributed by atoms with Crippen molar-refractivity contribution in [3.63, 3.8) is 0 Å². The molecule has 3 aromatic rings. The van der Waals surface area contributed by atoms with E-state index in [0.717, 1.165) is 0 Å². The minimum atomic E-state index is -0.359. The number of phenols is 2. The number of hydrogen-bond donors (Lipinski definition) is 2. The molecule has 4 nitrogen and oxygen atoms in total. The summed E-state index contributed by atoms with van der Waals surface area (Å²) in [6, 6.07) is 7.82. The number of aromatic hydroxyl groups is 2. The molecule has 0 amide bonds. The molecule has 2 N–H and O–H groups in total. The molecule has 0 unspecified atom stereocenters. The summed E-state index contributed by atoms with van der Waals surface area (Å²) < 4.78 is 0. The molecule has 0 aliphatic carbocycles. The number of rotatable bonds is 1. The van der Waals surface area contributed by atoms with Crippen LogP contribution in [0.1, 0.15) is 5.56 Å². The van der Waals surface area contributed by atoms with Crippen LogP contribution in [0.2, 0.25) is 20.1 Å². The fourth-order valence-electron chi connectivity index (χ4n) is 2.29. The third-order valence-electron chi connectivity index (χ3n) is 3.43. The molecule has 0 fully saturated rings. The van der Waals surface area contributed by atoms with Crippen LogP contribution >= 0.6 is 46.4 Å². The zero-order valence-corrected chi connectivity index (χ0v) is 14.6. The zero-order chi connectivity index (χ0) is 17.6. The van der Waals surface area contributed by atoms with E-state index in [1.807, 2.05) is 6.07 Å². The number of benzene rings is 2. The lowest BCUT2D eigenvalue weighted by Gasteiger charge is -2.11. The Labute approximate surface area is 156 Å². The Balaban J connectivity index is 2.39. The summed E-state index contributed by atoms with van der Waals surface area (Å²) in [5.74, 6) is -0.603. The van der Waals surface area contributed by atoms with Crippen molar-refractivity contribution in [2.24, 2.45) is 0 Å². The van der Waals surface area contributed by atoms with Crippen molar-refractivity contribution in [3.05, 3.63) is 49.9 Å². The number of nitriles is 1. The first kappa shape index (κ1) is 16.9. The zero-order valence-electron chi connectivity index (χ0n) is 11.6. The predicted octanol–water partition coefficient (Wildman–Crippen LogP) is 5.80. The Hall–Kier alpha value is -1.90. The summed E-state index contributed by atoms with van der Waals surface area (Å²) in [6.07, 6.45) is 0. The van der Waals surface area contributed by atoms with Gasteiger partial charge in [-0.25, -0.2) is 4.98 Å². The number of hydrogen-bond acceptors (Lipinski definition) is 4. The van der Waals surface area contributed by atoms with Crippen molar-refractivity contribution in [1.29, 1.82) is 5.26 Å². The lowest BCUT2D eigenvalue weighted by atomic mass is 10.0. The van der Waals surface area contributed by atoms with Crippen LogP contribution in [0.15, 0.2) is 24.3 Å². The molecule has 0 saturated carbocycles. The number of pyridine rings is 1. The van der Waals surface area contributed by atoms with Gasteiger partial charge in [0, 0.05) is 10.9 Å². The van der Waals surface area contributed by atoms with Crippen LogP contribution in [0.4, 0.5) is 0 Å². The van der Waals surface area contributed by atoms with Gasteiger partial charge in [-0.2, -0.15) is 5.26 Å².